The van der Waals surface area contributed by atoms with Gasteiger partial charge in [-0.25, -0.2) is 0 Å². The van der Waals surface area contributed by atoms with Crippen LogP contribution < -0.4 is 9.64 Å². The minimum Gasteiger partial charge on any atom is -0.482 e. The summed E-state index contributed by atoms with van der Waals surface area (Å²) in [5.41, 5.74) is 1.95. The van der Waals surface area contributed by atoms with Crippen molar-refractivity contribution in [3.8, 4) is 5.75 Å². The molecule has 7 heteroatoms. The lowest BCUT2D eigenvalue weighted by molar-refractivity contribution is -0.151. The van der Waals surface area contributed by atoms with Crippen molar-refractivity contribution in [3.05, 3.63) is 23.8 Å². The molecule has 2 aliphatic heterocycles. The van der Waals surface area contributed by atoms with Crippen molar-refractivity contribution in [2.24, 2.45) is 5.92 Å². The molecule has 2 amide bonds. The van der Waals surface area contributed by atoms with Crippen LogP contribution in [0.15, 0.2) is 18.2 Å². The van der Waals surface area contributed by atoms with Gasteiger partial charge in [0.1, 0.15) is 5.75 Å². The highest BCUT2D eigenvalue weighted by Gasteiger charge is 2.31. The molecule has 1 saturated heterocycles. The highest BCUT2D eigenvalue weighted by molar-refractivity contribution is 5.98. The Morgan fingerprint density at radius 2 is 2.03 bits per heavy atom. The van der Waals surface area contributed by atoms with Gasteiger partial charge in [0.2, 0.25) is 5.91 Å². The average molecular weight is 445 g/mol. The molecule has 0 N–H and O–H groups in total. The number of carbonyl (C=O) groups is 3. The molecule has 1 aromatic rings. The maximum absolute atomic E-state index is 12.8. The van der Waals surface area contributed by atoms with Gasteiger partial charge in [0, 0.05) is 26.1 Å². The lowest BCUT2D eigenvalue weighted by Gasteiger charge is -2.33. The molecule has 1 aromatic carbocycles. The van der Waals surface area contributed by atoms with Crippen LogP contribution in [0.3, 0.4) is 0 Å². The standard InChI is InChI=1S/C25H36N2O5/c1-5-25(3,4)19-11-12-21-20(15-19)27(23(29)17-32-21)14-8-10-22(28)26-13-7-9-18(16-26)24(30)31-6-2/h11-12,15,18H,5-10,13-14,16-17H2,1-4H3. The van der Waals surface area contributed by atoms with Crippen molar-refractivity contribution in [2.45, 2.75) is 65.2 Å². The first-order chi connectivity index (χ1) is 15.3. The van der Waals surface area contributed by atoms with Gasteiger partial charge in [0.05, 0.1) is 18.2 Å². The predicted molar refractivity (Wildman–Crippen MR) is 123 cm³/mol. The number of nitrogens with zero attached hydrogens (tertiary/aromatic N) is 2. The van der Waals surface area contributed by atoms with Crippen LogP contribution in [0.2, 0.25) is 0 Å². The molecule has 2 heterocycles. The summed E-state index contributed by atoms with van der Waals surface area (Å²) in [6, 6.07) is 6.05. The molecule has 1 atom stereocenters. The van der Waals surface area contributed by atoms with E-state index in [1.165, 1.54) is 0 Å². The third-order valence-electron chi connectivity index (χ3n) is 6.73. The highest BCUT2D eigenvalue weighted by Crippen LogP contribution is 2.37. The Morgan fingerprint density at radius 1 is 1.25 bits per heavy atom. The fourth-order valence-electron chi connectivity index (χ4n) is 4.28. The molecule has 0 aromatic heterocycles. The minimum atomic E-state index is -0.235. The third-order valence-corrected chi connectivity index (χ3v) is 6.73. The number of hydrogen-bond acceptors (Lipinski definition) is 5. The fourth-order valence-corrected chi connectivity index (χ4v) is 4.28. The summed E-state index contributed by atoms with van der Waals surface area (Å²) in [6.45, 7) is 10.2. The van der Waals surface area contributed by atoms with Crippen LogP contribution in [0.1, 0.15) is 65.4 Å². The van der Waals surface area contributed by atoms with Gasteiger partial charge in [-0.15, -0.1) is 0 Å². The van der Waals surface area contributed by atoms with Crippen molar-refractivity contribution < 1.29 is 23.9 Å². The number of hydrogen-bond donors (Lipinski definition) is 0. The molecule has 0 aliphatic carbocycles. The fraction of sp³-hybridized carbons (Fsp3) is 0.640. The number of fused-ring (bicyclic) bond motifs is 1. The third kappa shape index (κ3) is 5.43. The summed E-state index contributed by atoms with van der Waals surface area (Å²) in [6.07, 6.45) is 3.46. The van der Waals surface area contributed by atoms with Crippen molar-refractivity contribution in [3.63, 3.8) is 0 Å². The zero-order chi connectivity index (χ0) is 23.3. The maximum Gasteiger partial charge on any atom is 0.310 e. The van der Waals surface area contributed by atoms with Crippen LogP contribution in [0.4, 0.5) is 5.69 Å². The number of carbonyl (C=O) groups excluding carboxylic acids is 3. The van der Waals surface area contributed by atoms with Gasteiger partial charge in [0.25, 0.3) is 5.91 Å². The predicted octanol–water partition coefficient (Wildman–Crippen LogP) is 3.68. The topological polar surface area (TPSA) is 76.2 Å². The molecule has 0 saturated carbocycles. The zero-order valence-corrected chi connectivity index (χ0v) is 19.8. The van der Waals surface area contributed by atoms with E-state index in [1.807, 2.05) is 12.1 Å². The second-order valence-corrected chi connectivity index (χ2v) is 9.29. The van der Waals surface area contributed by atoms with Crippen LogP contribution in [0.25, 0.3) is 0 Å². The largest absolute Gasteiger partial charge is 0.482 e. The van der Waals surface area contributed by atoms with Gasteiger partial charge >= 0.3 is 5.97 Å². The Kier molecular flexibility index (Phi) is 7.80. The summed E-state index contributed by atoms with van der Waals surface area (Å²) < 4.78 is 10.8. The molecular weight excluding hydrogens is 408 g/mol. The molecule has 1 unspecified atom stereocenters. The van der Waals surface area contributed by atoms with Crippen LogP contribution in [-0.4, -0.2) is 55.5 Å². The second-order valence-electron chi connectivity index (χ2n) is 9.29. The van der Waals surface area contributed by atoms with Crippen LogP contribution in [-0.2, 0) is 24.5 Å². The molecule has 2 aliphatic rings. The number of ether oxygens (including phenoxy) is 2. The molecule has 0 radical (unpaired) electrons. The van der Waals surface area contributed by atoms with Gasteiger partial charge in [-0.05, 0) is 55.7 Å². The number of amides is 2. The molecule has 1 fully saturated rings. The van der Waals surface area contributed by atoms with E-state index in [0.29, 0.717) is 44.8 Å². The van der Waals surface area contributed by atoms with Crippen molar-refractivity contribution in [1.82, 2.24) is 4.90 Å². The lowest BCUT2D eigenvalue weighted by atomic mass is 9.82. The molecule has 3 rings (SSSR count). The molecule has 0 spiro atoms. The summed E-state index contributed by atoms with van der Waals surface area (Å²) in [4.78, 5) is 40.9. The van der Waals surface area contributed by atoms with E-state index in [4.69, 9.17) is 9.47 Å². The Bertz CT molecular complexity index is 851. The quantitative estimate of drug-likeness (QED) is 0.572. The zero-order valence-electron chi connectivity index (χ0n) is 19.8. The Balaban J connectivity index is 1.61. The summed E-state index contributed by atoms with van der Waals surface area (Å²) in [7, 11) is 0. The Hall–Kier alpha value is -2.57. The number of anilines is 1. The van der Waals surface area contributed by atoms with E-state index in [9.17, 15) is 14.4 Å². The van der Waals surface area contributed by atoms with E-state index in [1.54, 1.807) is 16.7 Å². The molecule has 176 valence electrons. The number of piperidine rings is 1. The van der Waals surface area contributed by atoms with Crippen molar-refractivity contribution >= 4 is 23.5 Å². The smallest absolute Gasteiger partial charge is 0.310 e. The van der Waals surface area contributed by atoms with E-state index >= 15 is 0 Å². The van der Waals surface area contributed by atoms with E-state index < -0.39 is 0 Å². The van der Waals surface area contributed by atoms with E-state index in [2.05, 4.69) is 26.8 Å². The first-order valence-corrected chi connectivity index (χ1v) is 11.8. The number of esters is 1. The van der Waals surface area contributed by atoms with Crippen molar-refractivity contribution in [2.75, 3.05) is 37.7 Å². The maximum atomic E-state index is 12.8. The second kappa shape index (κ2) is 10.4. The normalized spacial score (nSPS) is 18.8. The lowest BCUT2D eigenvalue weighted by Crippen LogP contribution is -2.43. The van der Waals surface area contributed by atoms with Gasteiger partial charge < -0.3 is 19.3 Å². The molecule has 32 heavy (non-hydrogen) atoms. The van der Waals surface area contributed by atoms with Crippen LogP contribution in [0.5, 0.6) is 5.75 Å². The van der Waals surface area contributed by atoms with Crippen LogP contribution in [0, 0.1) is 5.92 Å². The molecule has 7 nitrogen and oxygen atoms in total. The van der Waals surface area contributed by atoms with Gasteiger partial charge in [0.15, 0.2) is 6.61 Å². The van der Waals surface area contributed by atoms with Gasteiger partial charge in [-0.1, -0.05) is 26.8 Å². The summed E-state index contributed by atoms with van der Waals surface area (Å²) >= 11 is 0. The number of likely N-dealkylation sites (tertiary alicyclic amines) is 1. The molecule has 0 bridgehead atoms. The SMILES string of the molecule is CCOC(=O)C1CCCN(C(=O)CCCN2C(=O)COc3ccc(C(C)(C)CC)cc32)C1. The van der Waals surface area contributed by atoms with E-state index in [0.717, 1.165) is 30.5 Å². The summed E-state index contributed by atoms with van der Waals surface area (Å²) in [5.74, 6) is 0.199. The number of rotatable bonds is 8. The Labute approximate surface area is 191 Å². The van der Waals surface area contributed by atoms with Crippen molar-refractivity contribution in [1.29, 1.82) is 0 Å². The van der Waals surface area contributed by atoms with Crippen LogP contribution >= 0.6 is 0 Å². The first kappa shape index (κ1) is 24.1. The average Bonchev–Trinajstić information content (AvgIpc) is 2.80. The Morgan fingerprint density at radius 3 is 2.75 bits per heavy atom. The highest BCUT2D eigenvalue weighted by atomic mass is 16.5. The molecular formula is C25H36N2O5. The van der Waals surface area contributed by atoms with E-state index in [-0.39, 0.29) is 35.7 Å². The summed E-state index contributed by atoms with van der Waals surface area (Å²) in [5, 5.41) is 0. The van der Waals surface area contributed by atoms with Gasteiger partial charge in [-0.2, -0.15) is 0 Å². The van der Waals surface area contributed by atoms with Gasteiger partial charge in [-0.3, -0.25) is 14.4 Å². The monoisotopic (exact) mass is 444 g/mol. The minimum absolute atomic E-state index is 0.000881. The number of benzene rings is 1. The first-order valence-electron chi connectivity index (χ1n) is 11.8.